The van der Waals surface area contributed by atoms with E-state index in [0.717, 1.165) is 6.42 Å². The Morgan fingerprint density at radius 1 is 1.06 bits per heavy atom. The SMILES string of the molecule is CCNC(=O)CCNCCC(=O)NC(C)CC. The molecule has 0 aliphatic rings. The van der Waals surface area contributed by atoms with E-state index in [0.29, 0.717) is 32.5 Å². The molecule has 0 saturated carbocycles. The Morgan fingerprint density at radius 2 is 1.65 bits per heavy atom. The van der Waals surface area contributed by atoms with Crippen LogP contribution < -0.4 is 16.0 Å². The minimum absolute atomic E-state index is 0.0454. The average Bonchev–Trinajstić information content (AvgIpc) is 2.28. The van der Waals surface area contributed by atoms with Crippen LogP contribution in [-0.2, 0) is 9.59 Å². The minimum Gasteiger partial charge on any atom is -0.356 e. The summed E-state index contributed by atoms with van der Waals surface area (Å²) in [6.45, 7) is 7.81. The second-order valence-electron chi connectivity index (χ2n) is 4.08. The van der Waals surface area contributed by atoms with Gasteiger partial charge in [-0.1, -0.05) is 6.92 Å². The van der Waals surface area contributed by atoms with E-state index < -0.39 is 0 Å². The predicted molar refractivity (Wildman–Crippen MR) is 68.7 cm³/mol. The number of carbonyl (C=O) groups is 2. The molecule has 17 heavy (non-hydrogen) atoms. The molecule has 0 fully saturated rings. The van der Waals surface area contributed by atoms with Crippen molar-refractivity contribution in [2.45, 2.75) is 46.1 Å². The lowest BCUT2D eigenvalue weighted by molar-refractivity contribution is -0.121. The Balaban J connectivity index is 3.39. The van der Waals surface area contributed by atoms with Gasteiger partial charge in [-0.25, -0.2) is 0 Å². The maximum atomic E-state index is 11.4. The van der Waals surface area contributed by atoms with Crippen molar-refractivity contribution < 1.29 is 9.59 Å². The molecule has 0 aliphatic heterocycles. The monoisotopic (exact) mass is 243 g/mol. The molecular formula is C12H25N3O2. The topological polar surface area (TPSA) is 70.2 Å². The highest BCUT2D eigenvalue weighted by atomic mass is 16.2. The molecule has 0 aromatic carbocycles. The summed E-state index contributed by atoms with van der Waals surface area (Å²) in [5.74, 6) is 0.105. The first-order valence-corrected chi connectivity index (χ1v) is 6.36. The van der Waals surface area contributed by atoms with E-state index in [4.69, 9.17) is 0 Å². The van der Waals surface area contributed by atoms with Gasteiger partial charge in [-0.15, -0.1) is 0 Å². The number of hydrogen-bond acceptors (Lipinski definition) is 3. The number of carbonyl (C=O) groups excluding carboxylic acids is 2. The van der Waals surface area contributed by atoms with Gasteiger partial charge in [0.1, 0.15) is 0 Å². The number of nitrogens with one attached hydrogen (secondary N) is 3. The van der Waals surface area contributed by atoms with Crippen molar-refractivity contribution in [1.29, 1.82) is 0 Å². The molecule has 100 valence electrons. The van der Waals surface area contributed by atoms with Crippen LogP contribution >= 0.6 is 0 Å². The molecule has 0 heterocycles. The molecule has 0 radical (unpaired) electrons. The van der Waals surface area contributed by atoms with Gasteiger partial charge in [-0.3, -0.25) is 9.59 Å². The van der Waals surface area contributed by atoms with Gasteiger partial charge in [0.15, 0.2) is 0 Å². The molecular weight excluding hydrogens is 218 g/mol. The smallest absolute Gasteiger partial charge is 0.221 e. The third kappa shape index (κ3) is 9.81. The maximum absolute atomic E-state index is 11.4. The summed E-state index contributed by atoms with van der Waals surface area (Å²) in [5, 5.41) is 8.69. The molecule has 1 atom stereocenters. The van der Waals surface area contributed by atoms with Gasteiger partial charge in [0.25, 0.3) is 0 Å². The van der Waals surface area contributed by atoms with E-state index in [-0.39, 0.29) is 17.9 Å². The Bertz CT molecular complexity index is 232. The normalized spacial score (nSPS) is 11.9. The van der Waals surface area contributed by atoms with Crippen molar-refractivity contribution in [3.8, 4) is 0 Å². The first-order chi connectivity index (χ1) is 8.10. The predicted octanol–water partition coefficient (Wildman–Crippen LogP) is 0.407. The van der Waals surface area contributed by atoms with Crippen LogP contribution in [0.15, 0.2) is 0 Å². The molecule has 0 aliphatic carbocycles. The molecule has 0 aromatic heterocycles. The Labute approximate surface area is 104 Å². The van der Waals surface area contributed by atoms with Gasteiger partial charge in [0.2, 0.25) is 11.8 Å². The fraction of sp³-hybridized carbons (Fsp3) is 0.833. The molecule has 0 spiro atoms. The second kappa shape index (κ2) is 10.1. The van der Waals surface area contributed by atoms with Crippen molar-refractivity contribution in [1.82, 2.24) is 16.0 Å². The largest absolute Gasteiger partial charge is 0.356 e. The lowest BCUT2D eigenvalue weighted by atomic mass is 10.2. The zero-order chi connectivity index (χ0) is 13.1. The Kier molecular flexibility index (Phi) is 9.43. The van der Waals surface area contributed by atoms with Crippen LogP contribution in [0.25, 0.3) is 0 Å². The van der Waals surface area contributed by atoms with Crippen LogP contribution in [0.5, 0.6) is 0 Å². The lowest BCUT2D eigenvalue weighted by Gasteiger charge is -2.11. The van der Waals surface area contributed by atoms with Gasteiger partial charge >= 0.3 is 0 Å². The maximum Gasteiger partial charge on any atom is 0.221 e. The van der Waals surface area contributed by atoms with E-state index in [1.165, 1.54) is 0 Å². The first-order valence-electron chi connectivity index (χ1n) is 6.36. The van der Waals surface area contributed by atoms with Gasteiger partial charge in [-0.05, 0) is 20.3 Å². The van der Waals surface area contributed by atoms with E-state index in [9.17, 15) is 9.59 Å². The average molecular weight is 243 g/mol. The lowest BCUT2D eigenvalue weighted by Crippen LogP contribution is -2.34. The molecule has 5 nitrogen and oxygen atoms in total. The van der Waals surface area contributed by atoms with Crippen LogP contribution in [-0.4, -0.2) is 37.5 Å². The van der Waals surface area contributed by atoms with Gasteiger partial charge in [0, 0.05) is 38.5 Å². The van der Waals surface area contributed by atoms with Crippen LogP contribution in [0.3, 0.4) is 0 Å². The molecule has 0 aromatic rings. The van der Waals surface area contributed by atoms with E-state index in [2.05, 4.69) is 16.0 Å². The zero-order valence-corrected chi connectivity index (χ0v) is 11.1. The fourth-order valence-corrected chi connectivity index (χ4v) is 1.26. The molecule has 0 rings (SSSR count). The quantitative estimate of drug-likeness (QED) is 0.514. The molecule has 0 saturated heterocycles. The van der Waals surface area contributed by atoms with Crippen molar-refractivity contribution in [2.75, 3.05) is 19.6 Å². The molecule has 2 amide bonds. The van der Waals surface area contributed by atoms with Crippen LogP contribution in [0, 0.1) is 0 Å². The minimum atomic E-state index is 0.0454. The van der Waals surface area contributed by atoms with Crippen molar-refractivity contribution in [3.63, 3.8) is 0 Å². The number of amides is 2. The van der Waals surface area contributed by atoms with Gasteiger partial charge < -0.3 is 16.0 Å². The summed E-state index contributed by atoms with van der Waals surface area (Å²) < 4.78 is 0. The summed E-state index contributed by atoms with van der Waals surface area (Å²) in [6.07, 6.45) is 1.86. The van der Waals surface area contributed by atoms with Crippen LogP contribution in [0.2, 0.25) is 0 Å². The van der Waals surface area contributed by atoms with Crippen LogP contribution in [0.1, 0.15) is 40.0 Å². The van der Waals surface area contributed by atoms with Crippen molar-refractivity contribution in [3.05, 3.63) is 0 Å². The molecule has 1 unspecified atom stereocenters. The van der Waals surface area contributed by atoms with Crippen LogP contribution in [0.4, 0.5) is 0 Å². The van der Waals surface area contributed by atoms with Crippen molar-refractivity contribution in [2.24, 2.45) is 0 Å². The standard InChI is InChI=1S/C12H25N3O2/c1-4-10(3)15-12(17)7-9-13-8-6-11(16)14-5-2/h10,13H,4-9H2,1-3H3,(H,14,16)(H,15,17). The highest BCUT2D eigenvalue weighted by Crippen LogP contribution is 1.89. The number of hydrogen-bond donors (Lipinski definition) is 3. The third-order valence-electron chi connectivity index (χ3n) is 2.45. The highest BCUT2D eigenvalue weighted by Gasteiger charge is 2.04. The summed E-state index contributed by atoms with van der Waals surface area (Å²) >= 11 is 0. The molecule has 3 N–H and O–H groups in total. The first kappa shape index (κ1) is 15.9. The summed E-state index contributed by atoms with van der Waals surface area (Å²) in [6, 6.07) is 0.234. The Hall–Kier alpha value is -1.10. The Morgan fingerprint density at radius 3 is 2.18 bits per heavy atom. The van der Waals surface area contributed by atoms with Gasteiger partial charge in [0.05, 0.1) is 0 Å². The molecule has 0 bridgehead atoms. The van der Waals surface area contributed by atoms with E-state index >= 15 is 0 Å². The highest BCUT2D eigenvalue weighted by molar-refractivity contribution is 5.76. The third-order valence-corrected chi connectivity index (χ3v) is 2.45. The fourth-order valence-electron chi connectivity index (χ4n) is 1.26. The number of rotatable bonds is 9. The summed E-state index contributed by atoms with van der Waals surface area (Å²) in [5.41, 5.74) is 0. The summed E-state index contributed by atoms with van der Waals surface area (Å²) in [7, 11) is 0. The van der Waals surface area contributed by atoms with E-state index in [1.807, 2.05) is 20.8 Å². The van der Waals surface area contributed by atoms with Gasteiger partial charge in [-0.2, -0.15) is 0 Å². The summed E-state index contributed by atoms with van der Waals surface area (Å²) in [4.78, 5) is 22.5. The second-order valence-corrected chi connectivity index (χ2v) is 4.08. The van der Waals surface area contributed by atoms with E-state index in [1.54, 1.807) is 0 Å². The zero-order valence-electron chi connectivity index (χ0n) is 11.1. The molecule has 5 heteroatoms. The van der Waals surface area contributed by atoms with Crippen molar-refractivity contribution >= 4 is 11.8 Å².